The molecule has 3 rings (SSSR count). The molecule has 3 aromatic rings. The molecule has 0 atom stereocenters. The molecular formula is C15H10ClN3O2. The summed E-state index contributed by atoms with van der Waals surface area (Å²) in [6.07, 6.45) is 3.00. The summed E-state index contributed by atoms with van der Waals surface area (Å²) in [7, 11) is 0. The van der Waals surface area contributed by atoms with E-state index < -0.39 is 0 Å². The SMILES string of the molecule is O=C(Nc1ccc(-c2cnco2)cc1)c1cccc(Cl)n1. The Morgan fingerprint density at radius 2 is 1.95 bits per heavy atom. The molecule has 0 aliphatic rings. The topological polar surface area (TPSA) is 68.0 Å². The molecule has 2 aromatic heterocycles. The number of amides is 1. The van der Waals surface area contributed by atoms with Gasteiger partial charge in [-0.1, -0.05) is 17.7 Å². The van der Waals surface area contributed by atoms with Crippen molar-refractivity contribution in [2.75, 3.05) is 5.32 Å². The minimum Gasteiger partial charge on any atom is -0.444 e. The molecule has 104 valence electrons. The minimum atomic E-state index is -0.315. The van der Waals surface area contributed by atoms with E-state index in [2.05, 4.69) is 15.3 Å². The van der Waals surface area contributed by atoms with Crippen molar-refractivity contribution in [3.8, 4) is 11.3 Å². The Labute approximate surface area is 125 Å². The molecule has 2 heterocycles. The maximum atomic E-state index is 12.0. The quantitative estimate of drug-likeness (QED) is 0.750. The van der Waals surface area contributed by atoms with Crippen molar-refractivity contribution in [3.05, 3.63) is 65.9 Å². The number of anilines is 1. The summed E-state index contributed by atoms with van der Waals surface area (Å²) in [5.41, 5.74) is 1.80. The van der Waals surface area contributed by atoms with Gasteiger partial charge >= 0.3 is 0 Å². The number of pyridine rings is 1. The highest BCUT2D eigenvalue weighted by molar-refractivity contribution is 6.29. The summed E-state index contributed by atoms with van der Waals surface area (Å²) < 4.78 is 5.20. The number of hydrogen-bond acceptors (Lipinski definition) is 4. The third-order valence-electron chi connectivity index (χ3n) is 2.81. The van der Waals surface area contributed by atoms with Gasteiger partial charge in [-0.05, 0) is 36.4 Å². The summed E-state index contributed by atoms with van der Waals surface area (Å²) in [4.78, 5) is 19.8. The normalized spacial score (nSPS) is 10.3. The predicted molar refractivity (Wildman–Crippen MR) is 79.1 cm³/mol. The fourth-order valence-electron chi connectivity index (χ4n) is 1.81. The van der Waals surface area contributed by atoms with Crippen molar-refractivity contribution in [3.63, 3.8) is 0 Å². The molecule has 0 radical (unpaired) electrons. The zero-order valence-electron chi connectivity index (χ0n) is 10.8. The summed E-state index contributed by atoms with van der Waals surface area (Å²) in [5.74, 6) is 0.356. The third kappa shape index (κ3) is 3.09. The van der Waals surface area contributed by atoms with Gasteiger partial charge in [-0.3, -0.25) is 4.79 Å². The fourth-order valence-corrected chi connectivity index (χ4v) is 1.97. The first kappa shape index (κ1) is 13.3. The second-order valence-electron chi connectivity index (χ2n) is 4.24. The molecule has 0 saturated carbocycles. The average Bonchev–Trinajstić information content (AvgIpc) is 3.02. The summed E-state index contributed by atoms with van der Waals surface area (Å²) in [5, 5.41) is 3.03. The molecule has 0 bridgehead atoms. The number of oxazole rings is 1. The molecule has 1 aromatic carbocycles. The van der Waals surface area contributed by atoms with Crippen molar-refractivity contribution in [2.45, 2.75) is 0 Å². The first-order valence-corrected chi connectivity index (χ1v) is 6.53. The molecule has 21 heavy (non-hydrogen) atoms. The number of carbonyl (C=O) groups excluding carboxylic acids is 1. The molecule has 0 spiro atoms. The van der Waals surface area contributed by atoms with Gasteiger partial charge in [-0.15, -0.1) is 0 Å². The van der Waals surface area contributed by atoms with Gasteiger partial charge in [0.1, 0.15) is 10.8 Å². The monoisotopic (exact) mass is 299 g/mol. The molecule has 1 N–H and O–H groups in total. The number of aromatic nitrogens is 2. The Kier molecular flexibility index (Phi) is 3.66. The highest BCUT2D eigenvalue weighted by Crippen LogP contribution is 2.21. The van der Waals surface area contributed by atoms with Crippen molar-refractivity contribution in [2.24, 2.45) is 0 Å². The highest BCUT2D eigenvalue weighted by Gasteiger charge is 2.08. The van der Waals surface area contributed by atoms with Crippen LogP contribution in [0.15, 0.2) is 59.5 Å². The number of benzene rings is 1. The highest BCUT2D eigenvalue weighted by atomic mass is 35.5. The number of carbonyl (C=O) groups is 1. The lowest BCUT2D eigenvalue weighted by Gasteiger charge is -2.05. The van der Waals surface area contributed by atoms with Crippen molar-refractivity contribution < 1.29 is 9.21 Å². The Balaban J connectivity index is 1.75. The lowest BCUT2D eigenvalue weighted by Crippen LogP contribution is -2.13. The second kappa shape index (κ2) is 5.76. The molecule has 0 unspecified atom stereocenters. The number of hydrogen-bond donors (Lipinski definition) is 1. The van der Waals surface area contributed by atoms with E-state index in [1.165, 1.54) is 6.39 Å². The summed E-state index contributed by atoms with van der Waals surface area (Å²) in [6.45, 7) is 0. The van der Waals surface area contributed by atoms with Crippen LogP contribution in [0.1, 0.15) is 10.5 Å². The van der Waals surface area contributed by atoms with Gasteiger partial charge in [0.05, 0.1) is 6.20 Å². The average molecular weight is 300 g/mol. The second-order valence-corrected chi connectivity index (χ2v) is 4.63. The third-order valence-corrected chi connectivity index (χ3v) is 3.02. The van der Waals surface area contributed by atoms with Crippen LogP contribution in [0, 0.1) is 0 Å². The van der Waals surface area contributed by atoms with Crippen LogP contribution in [0.4, 0.5) is 5.69 Å². The lowest BCUT2D eigenvalue weighted by molar-refractivity contribution is 0.102. The number of rotatable bonds is 3. The molecular weight excluding hydrogens is 290 g/mol. The smallest absolute Gasteiger partial charge is 0.274 e. The number of nitrogens with zero attached hydrogens (tertiary/aromatic N) is 2. The predicted octanol–water partition coefficient (Wildman–Crippen LogP) is 3.64. The molecule has 6 heteroatoms. The fraction of sp³-hybridized carbons (Fsp3) is 0. The Bertz CT molecular complexity index is 755. The van der Waals surface area contributed by atoms with E-state index in [0.717, 1.165) is 5.56 Å². The van der Waals surface area contributed by atoms with E-state index in [0.29, 0.717) is 11.4 Å². The zero-order valence-corrected chi connectivity index (χ0v) is 11.5. The van der Waals surface area contributed by atoms with Crippen LogP contribution in [0.5, 0.6) is 0 Å². The lowest BCUT2D eigenvalue weighted by atomic mass is 10.1. The number of nitrogens with one attached hydrogen (secondary N) is 1. The Hall–Kier alpha value is -2.66. The van der Waals surface area contributed by atoms with Gasteiger partial charge < -0.3 is 9.73 Å². The Morgan fingerprint density at radius 1 is 1.14 bits per heavy atom. The Morgan fingerprint density at radius 3 is 2.62 bits per heavy atom. The number of halogens is 1. The first-order valence-electron chi connectivity index (χ1n) is 6.15. The van der Waals surface area contributed by atoms with Gasteiger partial charge in [-0.25, -0.2) is 9.97 Å². The van der Waals surface area contributed by atoms with Gasteiger partial charge in [0.2, 0.25) is 0 Å². The van der Waals surface area contributed by atoms with Crippen LogP contribution in [-0.2, 0) is 0 Å². The molecule has 0 fully saturated rings. The van der Waals surface area contributed by atoms with Gasteiger partial charge in [0, 0.05) is 11.3 Å². The molecule has 0 aliphatic carbocycles. The largest absolute Gasteiger partial charge is 0.444 e. The van der Waals surface area contributed by atoms with E-state index in [9.17, 15) is 4.79 Å². The van der Waals surface area contributed by atoms with E-state index in [1.807, 2.05) is 12.1 Å². The summed E-state index contributed by atoms with van der Waals surface area (Å²) >= 11 is 5.76. The first-order chi connectivity index (χ1) is 10.2. The van der Waals surface area contributed by atoms with Gasteiger partial charge in [0.25, 0.3) is 5.91 Å². The maximum absolute atomic E-state index is 12.0. The van der Waals surface area contributed by atoms with Gasteiger partial charge in [-0.2, -0.15) is 0 Å². The minimum absolute atomic E-state index is 0.266. The van der Waals surface area contributed by atoms with Crippen LogP contribution in [0.25, 0.3) is 11.3 Å². The van der Waals surface area contributed by atoms with Crippen LogP contribution < -0.4 is 5.32 Å². The molecule has 1 amide bonds. The van der Waals surface area contributed by atoms with Crippen molar-refractivity contribution in [1.82, 2.24) is 9.97 Å². The van der Waals surface area contributed by atoms with E-state index >= 15 is 0 Å². The van der Waals surface area contributed by atoms with Gasteiger partial charge in [0.15, 0.2) is 12.2 Å². The van der Waals surface area contributed by atoms with E-state index in [4.69, 9.17) is 16.0 Å². The molecule has 0 aliphatic heterocycles. The van der Waals surface area contributed by atoms with Crippen molar-refractivity contribution >= 4 is 23.2 Å². The van der Waals surface area contributed by atoms with Crippen LogP contribution in [-0.4, -0.2) is 15.9 Å². The van der Waals surface area contributed by atoms with Crippen LogP contribution >= 0.6 is 11.6 Å². The van der Waals surface area contributed by atoms with Crippen LogP contribution in [0.3, 0.4) is 0 Å². The zero-order chi connectivity index (χ0) is 14.7. The molecule has 5 nitrogen and oxygen atoms in total. The standard InChI is InChI=1S/C15H10ClN3O2/c16-14-3-1-2-12(19-14)15(20)18-11-6-4-10(5-7-11)13-8-17-9-21-13/h1-9H,(H,18,20). The van der Waals surface area contributed by atoms with E-state index in [1.54, 1.807) is 36.5 Å². The molecule has 0 saturated heterocycles. The van der Waals surface area contributed by atoms with Crippen molar-refractivity contribution in [1.29, 1.82) is 0 Å². The summed E-state index contributed by atoms with van der Waals surface area (Å²) in [6, 6.07) is 12.1. The van der Waals surface area contributed by atoms with Crippen LogP contribution in [0.2, 0.25) is 5.15 Å². The van der Waals surface area contributed by atoms with E-state index in [-0.39, 0.29) is 16.8 Å². The maximum Gasteiger partial charge on any atom is 0.274 e.